The molecule has 2 aromatic carbocycles. The minimum Gasteiger partial charge on any atom is -0.408 e. The standard InChI is InChI=1S/C24H21F3N4O4S/c25-24(26,27)17-4-8-22(28-14-17)29-18-9-11-31(12-10-18)36(33,34)19-5-1-15(2-6-19)16-3-7-21-20(13-16)30-23(32)35-21/h1-8,13-14,18H,9-12H2,(H,28,29)(H,30,32). The lowest BCUT2D eigenvalue weighted by atomic mass is 10.1. The Balaban J connectivity index is 1.23. The summed E-state index contributed by atoms with van der Waals surface area (Å²) in [7, 11) is -3.71. The molecule has 5 rings (SSSR count). The van der Waals surface area contributed by atoms with Gasteiger partial charge in [0.05, 0.1) is 16.0 Å². The van der Waals surface area contributed by atoms with E-state index in [2.05, 4.69) is 15.3 Å². The fraction of sp³-hybridized carbons (Fsp3) is 0.250. The minimum atomic E-state index is -4.45. The number of fused-ring (bicyclic) bond motifs is 1. The topological polar surface area (TPSA) is 108 Å². The molecule has 1 saturated heterocycles. The number of H-pyrrole nitrogens is 1. The Hall–Kier alpha value is -3.64. The summed E-state index contributed by atoms with van der Waals surface area (Å²) in [4.78, 5) is 17.9. The molecule has 1 fully saturated rings. The summed E-state index contributed by atoms with van der Waals surface area (Å²) in [5, 5.41) is 3.08. The molecule has 0 aliphatic carbocycles. The van der Waals surface area contributed by atoms with Gasteiger partial charge in [0.2, 0.25) is 10.0 Å². The van der Waals surface area contributed by atoms with Crippen LogP contribution >= 0.6 is 0 Å². The molecule has 1 aliphatic rings. The van der Waals surface area contributed by atoms with Crippen molar-refractivity contribution < 1.29 is 26.0 Å². The number of pyridine rings is 1. The fourth-order valence-electron chi connectivity index (χ4n) is 4.20. The highest BCUT2D eigenvalue weighted by Crippen LogP contribution is 2.30. The van der Waals surface area contributed by atoms with Crippen LogP contribution in [-0.2, 0) is 16.2 Å². The number of hydrogen-bond acceptors (Lipinski definition) is 6. The molecule has 0 radical (unpaired) electrons. The molecule has 3 heterocycles. The van der Waals surface area contributed by atoms with Crippen LogP contribution < -0.4 is 11.1 Å². The number of nitrogens with zero attached hydrogens (tertiary/aromatic N) is 2. The summed E-state index contributed by atoms with van der Waals surface area (Å²) in [5.74, 6) is -0.226. The number of aromatic amines is 1. The Morgan fingerprint density at radius 2 is 1.69 bits per heavy atom. The number of benzene rings is 2. The number of halogens is 3. The van der Waals surface area contributed by atoms with Crippen LogP contribution in [0.15, 0.2) is 74.9 Å². The van der Waals surface area contributed by atoms with E-state index >= 15 is 0 Å². The first-order chi connectivity index (χ1) is 17.1. The van der Waals surface area contributed by atoms with Gasteiger partial charge in [-0.15, -0.1) is 0 Å². The van der Waals surface area contributed by atoms with Gasteiger partial charge in [-0.3, -0.25) is 4.98 Å². The molecular weight excluding hydrogens is 497 g/mol. The highest BCUT2D eigenvalue weighted by molar-refractivity contribution is 7.89. The van der Waals surface area contributed by atoms with E-state index in [0.29, 0.717) is 29.8 Å². The van der Waals surface area contributed by atoms with Crippen molar-refractivity contribution in [3.8, 4) is 11.1 Å². The maximum atomic E-state index is 13.1. The van der Waals surface area contributed by atoms with Crippen LogP contribution in [0.5, 0.6) is 0 Å². The number of aromatic nitrogens is 2. The first kappa shape index (κ1) is 24.1. The number of sulfonamides is 1. The summed E-state index contributed by atoms with van der Waals surface area (Å²) < 4.78 is 70.8. The maximum absolute atomic E-state index is 13.1. The molecular formula is C24H21F3N4O4S. The van der Waals surface area contributed by atoms with Crippen LogP contribution in [0.4, 0.5) is 19.0 Å². The van der Waals surface area contributed by atoms with E-state index in [0.717, 1.165) is 23.4 Å². The van der Waals surface area contributed by atoms with E-state index in [9.17, 15) is 26.4 Å². The van der Waals surface area contributed by atoms with Gasteiger partial charge in [-0.1, -0.05) is 18.2 Å². The number of anilines is 1. The molecule has 0 atom stereocenters. The van der Waals surface area contributed by atoms with Gasteiger partial charge in [-0.05, 0) is 60.4 Å². The zero-order valence-electron chi connectivity index (χ0n) is 18.7. The van der Waals surface area contributed by atoms with Gasteiger partial charge in [0, 0.05) is 25.3 Å². The Morgan fingerprint density at radius 1 is 1.00 bits per heavy atom. The molecule has 0 spiro atoms. The van der Waals surface area contributed by atoms with Gasteiger partial charge in [0.1, 0.15) is 5.82 Å². The van der Waals surface area contributed by atoms with Crippen molar-refractivity contribution in [3.63, 3.8) is 0 Å². The lowest BCUT2D eigenvalue weighted by molar-refractivity contribution is -0.137. The van der Waals surface area contributed by atoms with Crippen LogP contribution in [0.25, 0.3) is 22.2 Å². The zero-order chi connectivity index (χ0) is 25.5. The molecule has 0 unspecified atom stereocenters. The molecule has 2 N–H and O–H groups in total. The Morgan fingerprint density at radius 3 is 2.33 bits per heavy atom. The average Bonchev–Trinajstić information content (AvgIpc) is 3.23. The first-order valence-electron chi connectivity index (χ1n) is 11.1. The average molecular weight is 519 g/mol. The summed E-state index contributed by atoms with van der Waals surface area (Å²) in [6, 6.07) is 13.8. The van der Waals surface area contributed by atoms with Crippen molar-refractivity contribution in [1.82, 2.24) is 14.3 Å². The van der Waals surface area contributed by atoms with Gasteiger partial charge >= 0.3 is 11.9 Å². The van der Waals surface area contributed by atoms with E-state index in [1.165, 1.54) is 10.4 Å². The monoisotopic (exact) mass is 518 g/mol. The van der Waals surface area contributed by atoms with Crippen molar-refractivity contribution in [2.75, 3.05) is 18.4 Å². The number of oxazole rings is 1. The molecule has 8 nitrogen and oxygen atoms in total. The lowest BCUT2D eigenvalue weighted by Gasteiger charge is -2.32. The Bertz CT molecular complexity index is 1540. The van der Waals surface area contributed by atoms with Crippen LogP contribution in [0, 0.1) is 0 Å². The van der Waals surface area contributed by atoms with E-state index in [-0.39, 0.29) is 24.0 Å². The van der Waals surface area contributed by atoms with Crippen molar-refractivity contribution in [2.24, 2.45) is 0 Å². The maximum Gasteiger partial charge on any atom is 0.417 e. The third kappa shape index (κ3) is 4.86. The molecule has 0 bridgehead atoms. The number of alkyl halides is 3. The second-order valence-corrected chi connectivity index (χ2v) is 10.4. The second-order valence-electron chi connectivity index (χ2n) is 8.50. The van der Waals surface area contributed by atoms with Crippen molar-refractivity contribution in [2.45, 2.75) is 30.0 Å². The van der Waals surface area contributed by atoms with E-state index in [1.54, 1.807) is 42.5 Å². The minimum absolute atomic E-state index is 0.104. The Labute approximate surface area is 203 Å². The van der Waals surface area contributed by atoms with Crippen LogP contribution in [0.3, 0.4) is 0 Å². The summed E-state index contributed by atoms with van der Waals surface area (Å²) in [6.45, 7) is 0.541. The quantitative estimate of drug-likeness (QED) is 0.404. The predicted molar refractivity (Wildman–Crippen MR) is 127 cm³/mol. The van der Waals surface area contributed by atoms with Crippen LogP contribution in [-0.4, -0.2) is 41.8 Å². The molecule has 188 valence electrons. The molecule has 2 aromatic heterocycles. The van der Waals surface area contributed by atoms with Crippen LogP contribution in [0.1, 0.15) is 18.4 Å². The highest BCUT2D eigenvalue weighted by atomic mass is 32.2. The molecule has 1 aliphatic heterocycles. The van der Waals surface area contributed by atoms with Crippen LogP contribution in [0.2, 0.25) is 0 Å². The summed E-state index contributed by atoms with van der Waals surface area (Å²) in [6.07, 6.45) is -2.69. The summed E-state index contributed by atoms with van der Waals surface area (Å²) >= 11 is 0. The third-order valence-electron chi connectivity index (χ3n) is 6.14. The van der Waals surface area contributed by atoms with E-state index in [1.807, 2.05) is 0 Å². The number of hydrogen-bond donors (Lipinski definition) is 2. The summed E-state index contributed by atoms with van der Waals surface area (Å²) in [5.41, 5.74) is 1.75. The molecule has 12 heteroatoms. The number of piperidine rings is 1. The predicted octanol–water partition coefficient (Wildman–Crippen LogP) is 4.47. The van der Waals surface area contributed by atoms with Crippen molar-refractivity contribution in [1.29, 1.82) is 0 Å². The Kier molecular flexibility index (Phi) is 6.08. The molecule has 36 heavy (non-hydrogen) atoms. The van der Waals surface area contributed by atoms with Gasteiger partial charge in [0.15, 0.2) is 5.58 Å². The number of nitrogens with one attached hydrogen (secondary N) is 2. The second kappa shape index (κ2) is 9.10. The normalized spacial score (nSPS) is 15.9. The van der Waals surface area contributed by atoms with Crippen molar-refractivity contribution in [3.05, 3.63) is 76.9 Å². The van der Waals surface area contributed by atoms with E-state index < -0.39 is 27.5 Å². The van der Waals surface area contributed by atoms with Gasteiger partial charge < -0.3 is 9.73 Å². The molecule has 0 amide bonds. The third-order valence-corrected chi connectivity index (χ3v) is 8.05. The van der Waals surface area contributed by atoms with E-state index in [4.69, 9.17) is 4.42 Å². The molecule has 4 aromatic rings. The largest absolute Gasteiger partial charge is 0.417 e. The van der Waals surface area contributed by atoms with Gasteiger partial charge in [-0.2, -0.15) is 17.5 Å². The number of rotatable bonds is 5. The van der Waals surface area contributed by atoms with Crippen molar-refractivity contribution >= 4 is 26.9 Å². The highest BCUT2D eigenvalue weighted by Gasteiger charge is 2.32. The molecule has 0 saturated carbocycles. The van der Waals surface area contributed by atoms with Gasteiger partial charge in [-0.25, -0.2) is 18.2 Å². The first-order valence-corrected chi connectivity index (χ1v) is 12.6. The lowest BCUT2D eigenvalue weighted by Crippen LogP contribution is -2.42. The van der Waals surface area contributed by atoms with Gasteiger partial charge in [0.25, 0.3) is 0 Å². The SMILES string of the molecule is O=c1[nH]c2cc(-c3ccc(S(=O)(=O)N4CCC(Nc5ccc(C(F)(F)F)cn5)CC4)cc3)ccc2o1. The zero-order valence-corrected chi connectivity index (χ0v) is 19.6. The fourth-order valence-corrected chi connectivity index (χ4v) is 5.67. The smallest absolute Gasteiger partial charge is 0.408 e.